The Morgan fingerprint density at radius 3 is 1.59 bits per heavy atom. The van der Waals surface area contributed by atoms with Gasteiger partial charge in [0.05, 0.1) is 16.7 Å². The molecule has 0 amide bonds. The summed E-state index contributed by atoms with van der Waals surface area (Å²) in [5.41, 5.74) is 9.99. The zero-order chi connectivity index (χ0) is 38.9. The first-order chi connectivity index (χ1) is 29.2. The van der Waals surface area contributed by atoms with Crippen molar-refractivity contribution in [3.8, 4) is 50.7 Å². The molecule has 2 heterocycles. The van der Waals surface area contributed by atoms with E-state index in [0.717, 1.165) is 39.2 Å². The van der Waals surface area contributed by atoms with E-state index < -0.39 is 0 Å². The highest BCUT2D eigenvalue weighted by molar-refractivity contribution is 6.20. The van der Waals surface area contributed by atoms with Crippen LogP contribution in [-0.2, 0) is 0 Å². The Kier molecular flexibility index (Phi) is 7.54. The molecule has 12 aromatic rings. The Labute approximate surface area is 341 Å². The summed E-state index contributed by atoms with van der Waals surface area (Å²) in [7, 11) is 0. The van der Waals surface area contributed by atoms with E-state index in [1.54, 1.807) is 0 Å². The van der Waals surface area contributed by atoms with Crippen molar-refractivity contribution in [1.29, 1.82) is 0 Å². The van der Waals surface area contributed by atoms with Crippen molar-refractivity contribution >= 4 is 64.9 Å². The van der Waals surface area contributed by atoms with E-state index in [9.17, 15) is 0 Å². The monoisotopic (exact) mass is 749 g/mol. The fourth-order valence-electron chi connectivity index (χ4n) is 9.13. The van der Waals surface area contributed by atoms with Crippen LogP contribution in [0.1, 0.15) is 0 Å². The van der Waals surface area contributed by atoms with Gasteiger partial charge >= 0.3 is 0 Å². The lowest BCUT2D eigenvalue weighted by Crippen LogP contribution is -2.02. The minimum atomic E-state index is 0.697. The standard InChI is InChI=1S/C56H35N3/c1-2-13-39(14-3-1)56-57-51(35-54(58-56)59-52-20-10-8-18-47(52)48-19-9-11-21-53(48)59)38-24-22-36(23-25-38)40-26-27-42-33-44(29-28-41(42)32-40)55-46-17-7-5-15-43(46)34-50-45-16-6-4-12-37(45)30-31-49(50)55/h1-35H. The minimum Gasteiger partial charge on any atom is -0.294 e. The molecule has 0 bridgehead atoms. The Morgan fingerprint density at radius 2 is 0.847 bits per heavy atom. The van der Waals surface area contributed by atoms with E-state index in [4.69, 9.17) is 9.97 Å². The van der Waals surface area contributed by atoms with E-state index in [1.165, 1.54) is 70.6 Å². The van der Waals surface area contributed by atoms with E-state index in [1.807, 2.05) is 18.2 Å². The molecule has 0 fully saturated rings. The number of rotatable bonds is 5. The SMILES string of the molecule is c1ccc(-c2nc(-c3ccc(-c4ccc5cc(-c6c7ccccc7cc7c6ccc6ccccc67)ccc5c4)cc3)cc(-n3c4ccccc4c4ccccc43)n2)cc1. The van der Waals surface area contributed by atoms with Gasteiger partial charge < -0.3 is 0 Å². The van der Waals surface area contributed by atoms with Crippen molar-refractivity contribution in [3.05, 3.63) is 212 Å². The van der Waals surface area contributed by atoms with Crippen LogP contribution in [0.5, 0.6) is 0 Å². The van der Waals surface area contributed by atoms with Crippen LogP contribution >= 0.6 is 0 Å². The van der Waals surface area contributed by atoms with Crippen LogP contribution in [0, 0.1) is 0 Å². The first kappa shape index (κ1) is 33.3. The van der Waals surface area contributed by atoms with Gasteiger partial charge in [0.2, 0.25) is 0 Å². The van der Waals surface area contributed by atoms with Crippen molar-refractivity contribution in [2.24, 2.45) is 0 Å². The van der Waals surface area contributed by atoms with E-state index in [0.29, 0.717) is 5.82 Å². The van der Waals surface area contributed by atoms with Crippen LogP contribution in [0.25, 0.3) is 116 Å². The van der Waals surface area contributed by atoms with E-state index in [2.05, 4.69) is 199 Å². The van der Waals surface area contributed by atoms with E-state index >= 15 is 0 Å². The lowest BCUT2D eigenvalue weighted by molar-refractivity contribution is 1.05. The normalized spacial score (nSPS) is 11.7. The summed E-state index contributed by atoms with van der Waals surface area (Å²) in [4.78, 5) is 10.3. The fraction of sp³-hybridized carbons (Fsp3) is 0. The summed E-state index contributed by atoms with van der Waals surface area (Å²) in [6, 6.07) is 76.4. The van der Waals surface area contributed by atoms with Gasteiger partial charge in [-0.25, -0.2) is 9.97 Å². The molecular formula is C56H35N3. The number of hydrogen-bond acceptors (Lipinski definition) is 2. The summed E-state index contributed by atoms with van der Waals surface area (Å²) in [5.74, 6) is 1.54. The van der Waals surface area contributed by atoms with Gasteiger partial charge in [0.25, 0.3) is 0 Å². The first-order valence-corrected chi connectivity index (χ1v) is 20.1. The van der Waals surface area contributed by atoms with E-state index in [-0.39, 0.29) is 0 Å². The lowest BCUT2D eigenvalue weighted by Gasteiger charge is -2.15. The fourth-order valence-corrected chi connectivity index (χ4v) is 9.13. The average molecular weight is 750 g/mol. The predicted molar refractivity (Wildman–Crippen MR) is 248 cm³/mol. The van der Waals surface area contributed by atoms with Gasteiger partial charge in [0, 0.05) is 28.0 Å². The molecule has 0 aliphatic rings. The Morgan fingerprint density at radius 1 is 0.288 bits per heavy atom. The number of hydrogen-bond donors (Lipinski definition) is 0. The average Bonchev–Trinajstić information content (AvgIpc) is 3.65. The Hall–Kier alpha value is -7.88. The maximum Gasteiger partial charge on any atom is 0.162 e. The van der Waals surface area contributed by atoms with Crippen LogP contribution in [0.3, 0.4) is 0 Å². The van der Waals surface area contributed by atoms with Crippen LogP contribution in [0.15, 0.2) is 212 Å². The van der Waals surface area contributed by atoms with Crippen LogP contribution in [0.2, 0.25) is 0 Å². The molecule has 274 valence electrons. The lowest BCUT2D eigenvalue weighted by atomic mass is 9.89. The topological polar surface area (TPSA) is 30.7 Å². The van der Waals surface area contributed by atoms with Gasteiger partial charge in [0.15, 0.2) is 5.82 Å². The van der Waals surface area contributed by atoms with Crippen molar-refractivity contribution < 1.29 is 0 Å². The number of benzene rings is 10. The van der Waals surface area contributed by atoms with Crippen molar-refractivity contribution in [3.63, 3.8) is 0 Å². The molecule has 10 aromatic carbocycles. The maximum absolute atomic E-state index is 5.18. The molecule has 59 heavy (non-hydrogen) atoms. The zero-order valence-electron chi connectivity index (χ0n) is 32.0. The highest BCUT2D eigenvalue weighted by atomic mass is 15.1. The summed E-state index contributed by atoms with van der Waals surface area (Å²) in [5, 5.41) is 12.5. The molecule has 0 saturated heterocycles. The smallest absolute Gasteiger partial charge is 0.162 e. The molecule has 3 nitrogen and oxygen atoms in total. The highest BCUT2D eigenvalue weighted by Gasteiger charge is 2.17. The largest absolute Gasteiger partial charge is 0.294 e. The van der Waals surface area contributed by atoms with Gasteiger partial charge in [-0.2, -0.15) is 0 Å². The summed E-state index contributed by atoms with van der Waals surface area (Å²) in [6.07, 6.45) is 0. The molecular weight excluding hydrogens is 715 g/mol. The maximum atomic E-state index is 5.18. The number of para-hydroxylation sites is 2. The molecule has 12 rings (SSSR count). The van der Waals surface area contributed by atoms with Crippen molar-refractivity contribution in [1.82, 2.24) is 14.5 Å². The van der Waals surface area contributed by atoms with Crippen LogP contribution in [-0.4, -0.2) is 14.5 Å². The third kappa shape index (κ3) is 5.51. The van der Waals surface area contributed by atoms with Gasteiger partial charge in [0.1, 0.15) is 5.82 Å². The molecule has 0 unspecified atom stereocenters. The number of fused-ring (bicyclic) bond motifs is 8. The van der Waals surface area contributed by atoms with Crippen LogP contribution in [0.4, 0.5) is 0 Å². The second-order valence-corrected chi connectivity index (χ2v) is 15.4. The molecule has 0 radical (unpaired) electrons. The summed E-state index contributed by atoms with van der Waals surface area (Å²) < 4.78 is 2.27. The first-order valence-electron chi connectivity index (χ1n) is 20.1. The Balaban J connectivity index is 0.934. The molecule has 2 aromatic heterocycles. The number of nitrogens with zero attached hydrogens (tertiary/aromatic N) is 3. The third-order valence-corrected chi connectivity index (χ3v) is 12.0. The number of aromatic nitrogens is 3. The van der Waals surface area contributed by atoms with Crippen molar-refractivity contribution in [2.75, 3.05) is 0 Å². The second kappa shape index (κ2) is 13.4. The van der Waals surface area contributed by atoms with Gasteiger partial charge in [-0.3, -0.25) is 4.57 Å². The third-order valence-electron chi connectivity index (χ3n) is 12.0. The highest BCUT2D eigenvalue weighted by Crippen LogP contribution is 2.41. The molecule has 0 aliphatic carbocycles. The summed E-state index contributed by atoms with van der Waals surface area (Å²) in [6.45, 7) is 0. The van der Waals surface area contributed by atoms with Gasteiger partial charge in [-0.15, -0.1) is 0 Å². The molecule has 3 heteroatoms. The summed E-state index contributed by atoms with van der Waals surface area (Å²) >= 11 is 0. The molecule has 0 spiro atoms. The van der Waals surface area contributed by atoms with Gasteiger partial charge in [-0.05, 0) is 95.7 Å². The quantitative estimate of drug-likeness (QED) is 0.130. The molecule has 0 N–H and O–H groups in total. The van der Waals surface area contributed by atoms with Gasteiger partial charge in [-0.1, -0.05) is 176 Å². The second-order valence-electron chi connectivity index (χ2n) is 15.4. The molecule has 0 atom stereocenters. The van der Waals surface area contributed by atoms with Crippen LogP contribution < -0.4 is 0 Å². The zero-order valence-corrected chi connectivity index (χ0v) is 32.0. The molecule has 0 aliphatic heterocycles. The predicted octanol–water partition coefficient (Wildman–Crippen LogP) is 14.9. The minimum absolute atomic E-state index is 0.697. The van der Waals surface area contributed by atoms with Crippen molar-refractivity contribution in [2.45, 2.75) is 0 Å². The Bertz CT molecular complexity index is 3550. The molecule has 0 saturated carbocycles.